The highest BCUT2D eigenvalue weighted by Gasteiger charge is 2.29. The molecule has 0 amide bonds. The Morgan fingerprint density at radius 1 is 1.29 bits per heavy atom. The Morgan fingerprint density at radius 2 is 1.94 bits per heavy atom. The van der Waals surface area contributed by atoms with Gasteiger partial charge in [-0.1, -0.05) is 36.8 Å². The first-order valence-corrected chi connectivity index (χ1v) is 7.30. The van der Waals surface area contributed by atoms with Gasteiger partial charge in [0.25, 0.3) is 0 Å². The summed E-state index contributed by atoms with van der Waals surface area (Å²) in [5.74, 6) is 2.15. The van der Waals surface area contributed by atoms with E-state index >= 15 is 0 Å². The van der Waals surface area contributed by atoms with Crippen molar-refractivity contribution in [1.82, 2.24) is 0 Å². The predicted octanol–water partition coefficient (Wildman–Crippen LogP) is 2.33. The minimum atomic E-state index is -0.268. The van der Waals surface area contributed by atoms with Gasteiger partial charge in [-0.05, 0) is 30.4 Å². The number of thioether (sulfide) groups is 1. The molecule has 1 aromatic rings. The van der Waals surface area contributed by atoms with Crippen LogP contribution in [0.3, 0.4) is 0 Å². The molecule has 1 unspecified atom stereocenters. The van der Waals surface area contributed by atoms with E-state index < -0.39 is 0 Å². The molecular weight excluding hydrogens is 230 g/mol. The van der Waals surface area contributed by atoms with Crippen molar-refractivity contribution in [2.75, 3.05) is 24.7 Å². The number of aryl methyl sites for hydroxylation is 1. The second-order valence-corrected chi connectivity index (χ2v) is 5.85. The van der Waals surface area contributed by atoms with Gasteiger partial charge >= 0.3 is 0 Å². The van der Waals surface area contributed by atoms with Crippen molar-refractivity contribution in [2.24, 2.45) is 5.73 Å². The van der Waals surface area contributed by atoms with Crippen molar-refractivity contribution >= 4 is 11.8 Å². The molecule has 3 N–H and O–H groups in total. The molecule has 0 radical (unpaired) electrons. The monoisotopic (exact) mass is 253 g/mol. The van der Waals surface area contributed by atoms with Crippen LogP contribution in [0.5, 0.6) is 0 Å². The Morgan fingerprint density at radius 3 is 2.41 bits per heavy atom. The minimum Gasteiger partial charge on any atom is -0.395 e. The van der Waals surface area contributed by atoms with E-state index in [0.29, 0.717) is 6.54 Å². The maximum Gasteiger partial charge on any atom is 0.0540 e. The van der Waals surface area contributed by atoms with E-state index in [1.165, 1.54) is 5.56 Å². The number of rotatable bonds is 7. The average Bonchev–Trinajstić information content (AvgIpc) is 2.37. The fraction of sp³-hybridized carbons (Fsp3) is 0.571. The summed E-state index contributed by atoms with van der Waals surface area (Å²) >= 11 is 1.90. The summed E-state index contributed by atoms with van der Waals surface area (Å²) in [4.78, 5) is 0. The minimum absolute atomic E-state index is 0.122. The molecule has 0 saturated carbocycles. The molecule has 3 heteroatoms. The van der Waals surface area contributed by atoms with Gasteiger partial charge in [-0.2, -0.15) is 11.8 Å². The summed E-state index contributed by atoms with van der Waals surface area (Å²) in [6.45, 7) is 4.84. The smallest absolute Gasteiger partial charge is 0.0540 e. The van der Waals surface area contributed by atoms with E-state index in [1.54, 1.807) is 0 Å². The predicted molar refractivity (Wildman–Crippen MR) is 76.6 cm³/mol. The molecule has 0 saturated heterocycles. The third-order valence-electron chi connectivity index (χ3n) is 3.29. The number of nitrogens with two attached hydrogens (primary N) is 1. The van der Waals surface area contributed by atoms with Crippen LogP contribution in [-0.4, -0.2) is 29.8 Å². The van der Waals surface area contributed by atoms with Gasteiger partial charge in [0, 0.05) is 12.0 Å². The zero-order valence-corrected chi connectivity index (χ0v) is 11.6. The molecule has 0 aliphatic carbocycles. The standard InChI is InChI=1S/C14H23NOS/c1-3-17-9-8-14(10-15,11-16)13-6-4-12(2)5-7-13/h4-7,16H,3,8-11,15H2,1-2H3. The molecule has 1 atom stereocenters. The highest BCUT2D eigenvalue weighted by Crippen LogP contribution is 2.28. The number of aliphatic hydroxyl groups is 1. The normalized spacial score (nSPS) is 14.6. The van der Waals surface area contributed by atoms with Gasteiger partial charge in [0.15, 0.2) is 0 Å². The molecular formula is C14H23NOS. The first-order chi connectivity index (χ1) is 8.18. The summed E-state index contributed by atoms with van der Waals surface area (Å²) in [5, 5.41) is 9.71. The van der Waals surface area contributed by atoms with Gasteiger partial charge in [0.05, 0.1) is 6.61 Å². The molecule has 0 bridgehead atoms. The molecule has 0 aromatic heterocycles. The summed E-state index contributed by atoms with van der Waals surface area (Å²) in [5.41, 5.74) is 8.03. The zero-order chi connectivity index (χ0) is 12.7. The second-order valence-electron chi connectivity index (χ2n) is 4.46. The number of aliphatic hydroxyl groups excluding tert-OH is 1. The summed E-state index contributed by atoms with van der Waals surface area (Å²) < 4.78 is 0. The summed E-state index contributed by atoms with van der Waals surface area (Å²) in [6, 6.07) is 8.36. The Kier molecular flexibility index (Phi) is 6.03. The fourth-order valence-corrected chi connectivity index (χ4v) is 2.74. The summed E-state index contributed by atoms with van der Waals surface area (Å²) in [7, 11) is 0. The van der Waals surface area contributed by atoms with Crippen LogP contribution in [0.1, 0.15) is 24.5 Å². The first-order valence-electron chi connectivity index (χ1n) is 6.14. The van der Waals surface area contributed by atoms with E-state index in [2.05, 4.69) is 38.1 Å². The molecule has 1 aromatic carbocycles. The Hall–Kier alpha value is -0.510. The Balaban J connectivity index is 2.85. The van der Waals surface area contributed by atoms with Crippen molar-refractivity contribution < 1.29 is 5.11 Å². The molecule has 2 nitrogen and oxygen atoms in total. The zero-order valence-electron chi connectivity index (χ0n) is 10.8. The Labute approximate surface area is 109 Å². The quantitative estimate of drug-likeness (QED) is 0.733. The maximum atomic E-state index is 9.71. The summed E-state index contributed by atoms with van der Waals surface area (Å²) in [6.07, 6.45) is 0.932. The lowest BCUT2D eigenvalue weighted by Gasteiger charge is -2.31. The SMILES string of the molecule is CCSCCC(CN)(CO)c1ccc(C)cc1. The highest BCUT2D eigenvalue weighted by atomic mass is 32.2. The molecule has 0 heterocycles. The van der Waals surface area contributed by atoms with Crippen molar-refractivity contribution in [3.63, 3.8) is 0 Å². The number of hydrogen-bond acceptors (Lipinski definition) is 3. The van der Waals surface area contributed by atoms with Crippen LogP contribution in [0.15, 0.2) is 24.3 Å². The van der Waals surface area contributed by atoms with Crippen molar-refractivity contribution in [3.05, 3.63) is 35.4 Å². The number of benzene rings is 1. The number of hydrogen-bond donors (Lipinski definition) is 2. The van der Waals surface area contributed by atoms with Crippen LogP contribution in [0.4, 0.5) is 0 Å². The van der Waals surface area contributed by atoms with Gasteiger partial charge in [-0.25, -0.2) is 0 Å². The fourth-order valence-electron chi connectivity index (χ4n) is 1.92. The van der Waals surface area contributed by atoms with Gasteiger partial charge < -0.3 is 10.8 Å². The van der Waals surface area contributed by atoms with Crippen molar-refractivity contribution in [1.29, 1.82) is 0 Å². The molecule has 0 aliphatic heterocycles. The van der Waals surface area contributed by atoms with E-state index in [0.717, 1.165) is 23.5 Å². The van der Waals surface area contributed by atoms with Crippen LogP contribution in [0, 0.1) is 6.92 Å². The largest absolute Gasteiger partial charge is 0.395 e. The van der Waals surface area contributed by atoms with Crippen molar-refractivity contribution in [2.45, 2.75) is 25.7 Å². The van der Waals surface area contributed by atoms with Gasteiger partial charge in [0.2, 0.25) is 0 Å². The first kappa shape index (κ1) is 14.6. The lowest BCUT2D eigenvalue weighted by molar-refractivity contribution is 0.193. The van der Waals surface area contributed by atoms with E-state index in [4.69, 9.17) is 5.73 Å². The second kappa shape index (κ2) is 7.04. The van der Waals surface area contributed by atoms with Crippen LogP contribution in [-0.2, 0) is 5.41 Å². The topological polar surface area (TPSA) is 46.2 Å². The van der Waals surface area contributed by atoms with Crippen LogP contribution >= 0.6 is 11.8 Å². The van der Waals surface area contributed by atoms with Gasteiger partial charge in [0.1, 0.15) is 0 Å². The van der Waals surface area contributed by atoms with Gasteiger partial charge in [-0.15, -0.1) is 0 Å². The highest BCUT2D eigenvalue weighted by molar-refractivity contribution is 7.99. The molecule has 1 rings (SSSR count). The van der Waals surface area contributed by atoms with Crippen molar-refractivity contribution in [3.8, 4) is 0 Å². The van der Waals surface area contributed by atoms with E-state index in [1.807, 2.05) is 11.8 Å². The molecule has 0 aliphatic rings. The third kappa shape index (κ3) is 3.73. The average molecular weight is 253 g/mol. The Bertz CT molecular complexity index is 319. The molecule has 0 spiro atoms. The van der Waals surface area contributed by atoms with Crippen LogP contribution in [0.2, 0.25) is 0 Å². The molecule has 17 heavy (non-hydrogen) atoms. The maximum absolute atomic E-state index is 9.71. The molecule has 96 valence electrons. The van der Waals surface area contributed by atoms with Crippen LogP contribution < -0.4 is 5.73 Å². The van der Waals surface area contributed by atoms with Crippen LogP contribution in [0.25, 0.3) is 0 Å². The lowest BCUT2D eigenvalue weighted by atomic mass is 9.78. The van der Waals surface area contributed by atoms with Gasteiger partial charge in [-0.3, -0.25) is 0 Å². The van der Waals surface area contributed by atoms with E-state index in [-0.39, 0.29) is 12.0 Å². The lowest BCUT2D eigenvalue weighted by Crippen LogP contribution is -2.39. The molecule has 0 fully saturated rings. The third-order valence-corrected chi connectivity index (χ3v) is 4.19. The van der Waals surface area contributed by atoms with E-state index in [9.17, 15) is 5.11 Å².